The van der Waals surface area contributed by atoms with Crippen LogP contribution in [0, 0.1) is 5.41 Å². The third-order valence-electron chi connectivity index (χ3n) is 5.83. The minimum atomic E-state index is 0. The maximum atomic E-state index is 6.05. The number of aromatic nitrogens is 1. The summed E-state index contributed by atoms with van der Waals surface area (Å²) in [6, 6.07) is 2.62. The van der Waals surface area contributed by atoms with Gasteiger partial charge >= 0.3 is 0 Å². The second kappa shape index (κ2) is 9.26. The van der Waals surface area contributed by atoms with E-state index in [1.54, 1.807) is 0 Å². The lowest BCUT2D eigenvalue weighted by molar-refractivity contribution is -0.145. The molecule has 2 saturated carbocycles. The van der Waals surface area contributed by atoms with E-state index in [0.717, 1.165) is 25.5 Å². The normalized spacial score (nSPS) is 25.2. The standard InChI is InChI=1S/C19H32N4O.HI/c1-4-24-17-12-16(19(17)9-6-5-7-10-19)22-18(20-2)21-13-15-8-11-23(3)14-15;/h8,11,14,16-17H,4-7,9-10,12-13H2,1-3H3,(H2,20,21,22);1H. The predicted octanol–water partition coefficient (Wildman–Crippen LogP) is 3.44. The van der Waals surface area contributed by atoms with Gasteiger partial charge in [-0.1, -0.05) is 19.3 Å². The third kappa shape index (κ3) is 4.51. The second-order valence-corrected chi connectivity index (χ2v) is 7.28. The van der Waals surface area contributed by atoms with Crippen LogP contribution in [0.4, 0.5) is 0 Å². The molecule has 2 aliphatic carbocycles. The maximum absolute atomic E-state index is 6.05. The fraction of sp³-hybridized carbons (Fsp3) is 0.737. The first-order valence-electron chi connectivity index (χ1n) is 9.37. The molecule has 1 aromatic rings. The van der Waals surface area contributed by atoms with E-state index < -0.39 is 0 Å². The van der Waals surface area contributed by atoms with Crippen LogP contribution in [0.5, 0.6) is 0 Å². The highest BCUT2D eigenvalue weighted by atomic mass is 127. The summed E-state index contributed by atoms with van der Waals surface area (Å²) in [4.78, 5) is 4.43. The third-order valence-corrected chi connectivity index (χ3v) is 5.83. The minimum absolute atomic E-state index is 0. The van der Waals surface area contributed by atoms with Crippen LogP contribution in [0.1, 0.15) is 51.0 Å². The summed E-state index contributed by atoms with van der Waals surface area (Å²) in [5.41, 5.74) is 1.59. The van der Waals surface area contributed by atoms with Gasteiger partial charge in [-0.3, -0.25) is 4.99 Å². The van der Waals surface area contributed by atoms with Gasteiger partial charge in [0.15, 0.2) is 5.96 Å². The molecule has 1 heterocycles. The highest BCUT2D eigenvalue weighted by Crippen LogP contribution is 2.53. The van der Waals surface area contributed by atoms with E-state index in [1.807, 2.05) is 14.1 Å². The number of hydrogen-bond acceptors (Lipinski definition) is 2. The van der Waals surface area contributed by atoms with Crippen molar-refractivity contribution in [3.8, 4) is 0 Å². The van der Waals surface area contributed by atoms with Crippen molar-refractivity contribution in [2.45, 2.75) is 64.1 Å². The molecule has 5 nitrogen and oxygen atoms in total. The Bertz CT molecular complexity index is 566. The Balaban J connectivity index is 0.00000225. The molecule has 0 aliphatic heterocycles. The summed E-state index contributed by atoms with van der Waals surface area (Å²) < 4.78 is 8.12. The Hall–Kier alpha value is -0.760. The summed E-state index contributed by atoms with van der Waals surface area (Å²) in [6.07, 6.45) is 12.3. The molecule has 2 fully saturated rings. The Morgan fingerprint density at radius 3 is 2.72 bits per heavy atom. The maximum Gasteiger partial charge on any atom is 0.191 e. The Labute approximate surface area is 169 Å². The first kappa shape index (κ1) is 20.6. The molecule has 2 atom stereocenters. The summed E-state index contributed by atoms with van der Waals surface area (Å²) in [6.45, 7) is 3.73. The Morgan fingerprint density at radius 2 is 2.12 bits per heavy atom. The van der Waals surface area contributed by atoms with Crippen molar-refractivity contribution in [2.24, 2.45) is 17.5 Å². The fourth-order valence-electron chi connectivity index (χ4n) is 4.48. The molecule has 3 rings (SSSR count). The quantitative estimate of drug-likeness (QED) is 0.402. The van der Waals surface area contributed by atoms with Crippen molar-refractivity contribution < 1.29 is 4.74 Å². The van der Waals surface area contributed by atoms with E-state index in [2.05, 4.69) is 45.6 Å². The number of guanidine groups is 1. The number of nitrogens with one attached hydrogen (secondary N) is 2. The summed E-state index contributed by atoms with van der Waals surface area (Å²) in [5, 5.41) is 7.13. The average molecular weight is 460 g/mol. The molecule has 2 N–H and O–H groups in total. The molecule has 0 radical (unpaired) electrons. The molecule has 2 aliphatic rings. The van der Waals surface area contributed by atoms with Gasteiger partial charge in [-0.25, -0.2) is 0 Å². The first-order valence-corrected chi connectivity index (χ1v) is 9.37. The molecule has 0 amide bonds. The number of nitrogens with zero attached hydrogens (tertiary/aromatic N) is 2. The first-order chi connectivity index (χ1) is 11.7. The van der Waals surface area contributed by atoms with Gasteiger partial charge in [-0.2, -0.15) is 0 Å². The molecule has 25 heavy (non-hydrogen) atoms. The molecule has 0 aromatic carbocycles. The van der Waals surface area contributed by atoms with Gasteiger partial charge in [0.05, 0.1) is 6.10 Å². The SMILES string of the molecule is CCOC1CC(NC(=NC)NCc2ccn(C)c2)C12CCCCC2.I. The largest absolute Gasteiger partial charge is 0.378 e. The van der Waals surface area contributed by atoms with Crippen molar-refractivity contribution in [2.75, 3.05) is 13.7 Å². The molecule has 1 aromatic heterocycles. The van der Waals surface area contributed by atoms with Gasteiger partial charge in [-0.05, 0) is 37.8 Å². The smallest absolute Gasteiger partial charge is 0.191 e. The lowest BCUT2D eigenvalue weighted by Crippen LogP contribution is -2.66. The zero-order chi connectivity index (χ0) is 17.0. The molecule has 2 unspecified atom stereocenters. The van der Waals surface area contributed by atoms with E-state index in [0.29, 0.717) is 17.6 Å². The fourth-order valence-corrected chi connectivity index (χ4v) is 4.48. The van der Waals surface area contributed by atoms with Gasteiger partial charge in [0.2, 0.25) is 0 Å². The van der Waals surface area contributed by atoms with Crippen LogP contribution >= 0.6 is 24.0 Å². The number of aliphatic imine (C=N–C) groups is 1. The summed E-state index contributed by atoms with van der Waals surface area (Å²) in [5.74, 6) is 0.906. The molecular formula is C19H33IN4O. The predicted molar refractivity (Wildman–Crippen MR) is 113 cm³/mol. The number of hydrogen-bond donors (Lipinski definition) is 2. The number of aryl methyl sites for hydroxylation is 1. The van der Waals surface area contributed by atoms with E-state index in [9.17, 15) is 0 Å². The van der Waals surface area contributed by atoms with Gasteiger partial charge in [0.1, 0.15) is 0 Å². The summed E-state index contributed by atoms with van der Waals surface area (Å²) >= 11 is 0. The van der Waals surface area contributed by atoms with Crippen LogP contribution in [0.25, 0.3) is 0 Å². The second-order valence-electron chi connectivity index (χ2n) is 7.28. The van der Waals surface area contributed by atoms with Crippen LogP contribution in [0.15, 0.2) is 23.5 Å². The zero-order valence-electron chi connectivity index (χ0n) is 15.8. The van der Waals surface area contributed by atoms with E-state index in [-0.39, 0.29) is 24.0 Å². The highest BCUT2D eigenvalue weighted by Gasteiger charge is 2.55. The van der Waals surface area contributed by atoms with Gasteiger partial charge in [-0.15, -0.1) is 24.0 Å². The van der Waals surface area contributed by atoms with Crippen LogP contribution < -0.4 is 10.6 Å². The monoisotopic (exact) mass is 460 g/mol. The van der Waals surface area contributed by atoms with Crippen LogP contribution in [0.3, 0.4) is 0 Å². The van der Waals surface area contributed by atoms with E-state index in [1.165, 1.54) is 37.7 Å². The lowest BCUT2D eigenvalue weighted by Gasteiger charge is -2.57. The molecule has 0 saturated heterocycles. The van der Waals surface area contributed by atoms with Gasteiger partial charge < -0.3 is 19.9 Å². The molecule has 1 spiro atoms. The van der Waals surface area contributed by atoms with Crippen molar-refractivity contribution in [1.82, 2.24) is 15.2 Å². The highest BCUT2D eigenvalue weighted by molar-refractivity contribution is 14.0. The van der Waals surface area contributed by atoms with Crippen LogP contribution in [0.2, 0.25) is 0 Å². The lowest BCUT2D eigenvalue weighted by atomic mass is 9.55. The van der Waals surface area contributed by atoms with Crippen molar-refractivity contribution in [1.29, 1.82) is 0 Å². The molecule has 6 heteroatoms. The molecular weight excluding hydrogens is 427 g/mol. The van der Waals surface area contributed by atoms with Gasteiger partial charge in [0, 0.05) is 51.1 Å². The number of ether oxygens (including phenoxy) is 1. The Morgan fingerprint density at radius 1 is 1.36 bits per heavy atom. The number of halogens is 1. The van der Waals surface area contributed by atoms with Crippen LogP contribution in [-0.2, 0) is 18.3 Å². The van der Waals surface area contributed by atoms with Gasteiger partial charge in [0.25, 0.3) is 0 Å². The Kier molecular flexibility index (Phi) is 7.61. The zero-order valence-corrected chi connectivity index (χ0v) is 18.1. The van der Waals surface area contributed by atoms with Crippen molar-refractivity contribution in [3.05, 3.63) is 24.0 Å². The topological polar surface area (TPSA) is 50.6 Å². The van der Waals surface area contributed by atoms with E-state index >= 15 is 0 Å². The minimum Gasteiger partial charge on any atom is -0.378 e. The molecule has 142 valence electrons. The van der Waals surface area contributed by atoms with Crippen molar-refractivity contribution >= 4 is 29.9 Å². The summed E-state index contributed by atoms with van der Waals surface area (Å²) in [7, 11) is 3.90. The van der Waals surface area contributed by atoms with E-state index in [4.69, 9.17) is 4.74 Å². The van der Waals surface area contributed by atoms with Crippen molar-refractivity contribution in [3.63, 3.8) is 0 Å². The number of rotatable bonds is 5. The molecule has 0 bridgehead atoms. The van der Waals surface area contributed by atoms with Crippen LogP contribution in [-0.4, -0.2) is 36.3 Å². The average Bonchev–Trinajstić information content (AvgIpc) is 3.03.